The molecule has 3 N–H and O–H groups in total. The zero-order valence-corrected chi connectivity index (χ0v) is 18.9. The molecule has 1 aliphatic rings. The first-order chi connectivity index (χ1) is 15.5. The minimum atomic E-state index is -0.0997. The second-order valence-corrected chi connectivity index (χ2v) is 8.64. The van der Waals surface area contributed by atoms with Crippen LogP contribution in [0.1, 0.15) is 38.2 Å². The maximum atomic E-state index is 13.4. The quantitative estimate of drug-likeness (QED) is 0.323. The van der Waals surface area contributed by atoms with Gasteiger partial charge in [-0.2, -0.15) is 0 Å². The Balaban J connectivity index is 1.54. The average molecular weight is 433 g/mol. The van der Waals surface area contributed by atoms with Crippen LogP contribution < -0.4 is 11.3 Å². The van der Waals surface area contributed by atoms with Crippen LogP contribution in [0.25, 0.3) is 22.3 Å². The number of amidine groups is 1. The Morgan fingerprint density at radius 2 is 1.91 bits per heavy atom. The fourth-order valence-electron chi connectivity index (χ4n) is 4.54. The van der Waals surface area contributed by atoms with E-state index in [4.69, 9.17) is 11.1 Å². The summed E-state index contributed by atoms with van der Waals surface area (Å²) in [5.74, 6) is -0.0223. The lowest BCUT2D eigenvalue weighted by molar-refractivity contribution is 0.0254. The molecule has 1 atom stereocenters. The van der Waals surface area contributed by atoms with E-state index in [9.17, 15) is 4.79 Å². The molecule has 3 aromatic rings. The van der Waals surface area contributed by atoms with Crippen LogP contribution in [0.5, 0.6) is 0 Å². The van der Waals surface area contributed by atoms with Crippen LogP contribution in [0.3, 0.4) is 0 Å². The molecule has 1 aliphatic heterocycles. The zero-order chi connectivity index (χ0) is 22.7. The molecule has 4 rings (SSSR count). The number of hydrogen-bond acceptors (Lipinski definition) is 5. The molecule has 1 aromatic heterocycles. The van der Waals surface area contributed by atoms with Gasteiger partial charge in [0.05, 0.1) is 11.0 Å². The summed E-state index contributed by atoms with van der Waals surface area (Å²) in [7, 11) is 2.16. The molecule has 7 heteroatoms. The third-order valence-corrected chi connectivity index (χ3v) is 6.39. The van der Waals surface area contributed by atoms with E-state index in [1.807, 2.05) is 41.0 Å². The van der Waals surface area contributed by atoms with E-state index in [0.717, 1.165) is 43.4 Å². The number of rotatable bonds is 8. The summed E-state index contributed by atoms with van der Waals surface area (Å²) in [5, 5.41) is 12.5. The molecule has 32 heavy (non-hydrogen) atoms. The molecule has 0 radical (unpaired) electrons. The van der Waals surface area contributed by atoms with Gasteiger partial charge in [0.25, 0.3) is 5.56 Å². The number of nitrogens with two attached hydrogens (primary N) is 1. The SMILES string of the molecule is CC1CCN(C)N1CCCCCn1c(=O)c(-c2cccc(C(=N)N)c2)nc2ccccc21. The Kier molecular flexibility index (Phi) is 6.67. The number of hydrogen-bond donors (Lipinski definition) is 2. The molecule has 1 saturated heterocycles. The second kappa shape index (κ2) is 9.63. The van der Waals surface area contributed by atoms with Gasteiger partial charge < -0.3 is 10.3 Å². The molecule has 1 unspecified atom stereocenters. The first-order valence-electron chi connectivity index (χ1n) is 11.4. The summed E-state index contributed by atoms with van der Waals surface area (Å²) in [6.07, 6.45) is 4.34. The molecule has 0 aliphatic carbocycles. The number of hydrazine groups is 1. The smallest absolute Gasteiger partial charge is 0.277 e. The number of nitrogens with zero attached hydrogens (tertiary/aromatic N) is 4. The van der Waals surface area contributed by atoms with E-state index >= 15 is 0 Å². The highest BCUT2D eigenvalue weighted by atomic mass is 16.1. The Hall–Kier alpha value is -3.03. The standard InChI is InChI=1S/C25H32N6O/c1-18-13-16-29(2)31(18)15-7-3-6-14-30-22-12-5-4-11-21(22)28-23(25(30)32)19-9-8-10-20(17-19)24(26)27/h4-5,8-12,17-18H,3,6-7,13-16H2,1-2H3,(H3,26,27). The topological polar surface area (TPSA) is 91.2 Å². The van der Waals surface area contributed by atoms with Crippen molar-refractivity contribution in [3.63, 3.8) is 0 Å². The molecular formula is C25H32N6O. The third-order valence-electron chi connectivity index (χ3n) is 6.39. The van der Waals surface area contributed by atoms with Gasteiger partial charge in [-0.1, -0.05) is 36.8 Å². The van der Waals surface area contributed by atoms with Crippen LogP contribution in [-0.4, -0.2) is 51.6 Å². The highest BCUT2D eigenvalue weighted by molar-refractivity contribution is 5.96. The number of para-hydroxylation sites is 2. The van der Waals surface area contributed by atoms with Gasteiger partial charge in [0.15, 0.2) is 0 Å². The Morgan fingerprint density at radius 1 is 1.12 bits per heavy atom. The van der Waals surface area contributed by atoms with Crippen LogP contribution >= 0.6 is 0 Å². The highest BCUT2D eigenvalue weighted by Gasteiger charge is 2.24. The van der Waals surface area contributed by atoms with Gasteiger partial charge in [0.1, 0.15) is 11.5 Å². The van der Waals surface area contributed by atoms with Crippen molar-refractivity contribution in [3.05, 3.63) is 64.4 Å². The van der Waals surface area contributed by atoms with Gasteiger partial charge in [-0.3, -0.25) is 10.2 Å². The summed E-state index contributed by atoms with van der Waals surface area (Å²) < 4.78 is 1.85. The van der Waals surface area contributed by atoms with E-state index in [1.54, 1.807) is 12.1 Å². The maximum absolute atomic E-state index is 13.4. The van der Waals surface area contributed by atoms with Gasteiger partial charge >= 0.3 is 0 Å². The zero-order valence-electron chi connectivity index (χ0n) is 18.9. The highest BCUT2D eigenvalue weighted by Crippen LogP contribution is 2.20. The molecule has 0 saturated carbocycles. The van der Waals surface area contributed by atoms with Crippen LogP contribution in [-0.2, 0) is 6.54 Å². The molecular weight excluding hydrogens is 400 g/mol. The van der Waals surface area contributed by atoms with Crippen molar-refractivity contribution in [2.45, 2.75) is 45.2 Å². The van der Waals surface area contributed by atoms with E-state index in [-0.39, 0.29) is 11.4 Å². The summed E-state index contributed by atoms with van der Waals surface area (Å²) in [4.78, 5) is 18.1. The number of nitrogens with one attached hydrogen (secondary N) is 1. The third kappa shape index (κ3) is 4.59. The van der Waals surface area contributed by atoms with Crippen molar-refractivity contribution in [2.24, 2.45) is 5.73 Å². The van der Waals surface area contributed by atoms with E-state index in [0.29, 0.717) is 29.4 Å². The van der Waals surface area contributed by atoms with Crippen LogP contribution in [0.4, 0.5) is 0 Å². The predicted octanol–water partition coefficient (Wildman–Crippen LogP) is 3.46. The average Bonchev–Trinajstić information content (AvgIpc) is 3.12. The fourth-order valence-corrected chi connectivity index (χ4v) is 4.54. The first-order valence-corrected chi connectivity index (χ1v) is 11.4. The Bertz CT molecular complexity index is 1160. The van der Waals surface area contributed by atoms with Crippen molar-refractivity contribution >= 4 is 16.9 Å². The van der Waals surface area contributed by atoms with Crippen molar-refractivity contribution in [1.29, 1.82) is 5.41 Å². The molecule has 0 spiro atoms. The number of fused-ring (bicyclic) bond motifs is 1. The van der Waals surface area contributed by atoms with Gasteiger partial charge in [-0.05, 0) is 44.4 Å². The molecule has 7 nitrogen and oxygen atoms in total. The minimum Gasteiger partial charge on any atom is -0.384 e. The summed E-state index contributed by atoms with van der Waals surface area (Å²) >= 11 is 0. The van der Waals surface area contributed by atoms with Gasteiger partial charge in [0, 0.05) is 43.9 Å². The normalized spacial score (nSPS) is 17.2. The van der Waals surface area contributed by atoms with E-state index < -0.39 is 0 Å². The predicted molar refractivity (Wildman–Crippen MR) is 130 cm³/mol. The monoisotopic (exact) mass is 432 g/mol. The second-order valence-electron chi connectivity index (χ2n) is 8.64. The largest absolute Gasteiger partial charge is 0.384 e. The number of benzene rings is 2. The Labute approximate surface area is 189 Å². The molecule has 168 valence electrons. The maximum Gasteiger partial charge on any atom is 0.277 e. The molecule has 2 heterocycles. The van der Waals surface area contributed by atoms with Crippen LogP contribution in [0.2, 0.25) is 0 Å². The van der Waals surface area contributed by atoms with E-state index in [1.165, 1.54) is 6.42 Å². The summed E-state index contributed by atoms with van der Waals surface area (Å²) in [6.45, 7) is 5.14. The van der Waals surface area contributed by atoms with Crippen molar-refractivity contribution in [1.82, 2.24) is 19.6 Å². The van der Waals surface area contributed by atoms with Gasteiger partial charge in [-0.15, -0.1) is 0 Å². The molecule has 1 fully saturated rings. The lowest BCUT2D eigenvalue weighted by Gasteiger charge is -2.27. The van der Waals surface area contributed by atoms with E-state index in [2.05, 4.69) is 29.0 Å². The number of nitrogen functional groups attached to an aromatic ring is 1. The van der Waals surface area contributed by atoms with Crippen molar-refractivity contribution in [2.75, 3.05) is 20.1 Å². The lowest BCUT2D eigenvalue weighted by Crippen LogP contribution is -2.38. The van der Waals surface area contributed by atoms with Gasteiger partial charge in [0.2, 0.25) is 0 Å². The first kappa shape index (κ1) is 22.2. The number of aryl methyl sites for hydroxylation is 1. The number of unbranched alkanes of at least 4 members (excludes halogenated alkanes) is 2. The lowest BCUT2D eigenvalue weighted by atomic mass is 10.1. The number of aromatic nitrogens is 2. The molecule has 0 bridgehead atoms. The minimum absolute atomic E-state index is 0.0223. The molecule has 2 aromatic carbocycles. The van der Waals surface area contributed by atoms with Crippen molar-refractivity contribution < 1.29 is 0 Å². The van der Waals surface area contributed by atoms with Crippen LogP contribution in [0.15, 0.2) is 53.3 Å². The Morgan fingerprint density at radius 3 is 2.66 bits per heavy atom. The summed E-state index contributed by atoms with van der Waals surface area (Å²) in [5.41, 5.74) is 8.88. The summed E-state index contributed by atoms with van der Waals surface area (Å²) in [6, 6.07) is 15.6. The van der Waals surface area contributed by atoms with Crippen molar-refractivity contribution in [3.8, 4) is 11.3 Å². The van der Waals surface area contributed by atoms with Crippen LogP contribution in [0, 0.1) is 5.41 Å². The fraction of sp³-hybridized carbons (Fsp3) is 0.400. The van der Waals surface area contributed by atoms with Gasteiger partial charge in [-0.25, -0.2) is 15.0 Å². The molecule has 0 amide bonds.